The van der Waals surface area contributed by atoms with Gasteiger partial charge >= 0.3 is 10.4 Å². The Hall–Kier alpha value is -0.210. The molecule has 5 N–H and O–H groups in total. The number of nitrogens with one attached hydrogen (secondary N) is 1. The van der Waals surface area contributed by atoms with Crippen molar-refractivity contribution in [3.8, 4) is 0 Å². The molecule has 0 spiro atoms. The van der Waals surface area contributed by atoms with Gasteiger partial charge in [-0.25, -0.2) is 0 Å². The van der Waals surface area contributed by atoms with Crippen molar-refractivity contribution in [3.63, 3.8) is 0 Å². The molecule has 0 saturated heterocycles. The highest BCUT2D eigenvalue weighted by atomic mass is 32.3. The molecule has 0 radical (unpaired) electrons. The lowest BCUT2D eigenvalue weighted by atomic mass is 10.4. The molecule has 0 aliphatic heterocycles. The third kappa shape index (κ3) is 112. The zero-order valence-corrected chi connectivity index (χ0v) is 6.59. The monoisotopic (exact) mass is 172 g/mol. The average molecular weight is 172 g/mol. The molecule has 0 aromatic carbocycles. The molecule has 0 fully saturated rings. The van der Waals surface area contributed by atoms with Crippen molar-refractivity contribution in [1.29, 1.82) is 0 Å². The SMILES string of the molecule is CC(C)NN.O=S(=O)(O)O. The maximum atomic E-state index is 8.74. The Morgan fingerprint density at radius 1 is 1.40 bits per heavy atom. The largest absolute Gasteiger partial charge is 0.394 e. The summed E-state index contributed by atoms with van der Waals surface area (Å²) in [5, 5.41) is 0. The predicted molar refractivity (Wildman–Crippen MR) is 36.6 cm³/mol. The number of rotatable bonds is 1. The molecule has 0 aromatic heterocycles. The predicted octanol–water partition coefficient (Wildman–Crippen LogP) is -0.795. The lowest BCUT2D eigenvalue weighted by Gasteiger charge is -1.95. The Bertz CT molecular complexity index is 144. The standard InChI is InChI=1S/C3H10N2.H2O4S/c1-3(2)5-4;1-5(2,3)4/h3,5H,4H2,1-2H3;(H2,1,2,3,4). The quantitative estimate of drug-likeness (QED) is 0.234. The molecular weight excluding hydrogens is 160 g/mol. The fourth-order valence-electron chi connectivity index (χ4n) is 0. The Morgan fingerprint density at radius 2 is 1.50 bits per heavy atom. The molecule has 0 aliphatic rings. The van der Waals surface area contributed by atoms with Crippen molar-refractivity contribution in [3.05, 3.63) is 0 Å². The zero-order chi connectivity index (χ0) is 8.78. The Kier molecular flexibility index (Phi) is 6.94. The minimum absolute atomic E-state index is 0.412. The van der Waals surface area contributed by atoms with Gasteiger partial charge in [-0.2, -0.15) is 8.42 Å². The Morgan fingerprint density at radius 3 is 1.50 bits per heavy atom. The smallest absolute Gasteiger partial charge is 0.271 e. The van der Waals surface area contributed by atoms with Gasteiger partial charge in [0.2, 0.25) is 0 Å². The van der Waals surface area contributed by atoms with Crippen LogP contribution in [0.5, 0.6) is 0 Å². The van der Waals surface area contributed by atoms with Gasteiger partial charge in [0.1, 0.15) is 0 Å². The van der Waals surface area contributed by atoms with Crippen LogP contribution in [0.25, 0.3) is 0 Å². The number of nitrogens with two attached hydrogens (primary N) is 1. The van der Waals surface area contributed by atoms with Crippen LogP contribution in [0.4, 0.5) is 0 Å². The average Bonchev–Trinajstić information content (AvgIpc) is 1.61. The fraction of sp³-hybridized carbons (Fsp3) is 1.00. The molecular formula is C3H12N2O4S. The van der Waals surface area contributed by atoms with Crippen LogP contribution in [-0.4, -0.2) is 23.6 Å². The number of hydrazine groups is 1. The van der Waals surface area contributed by atoms with Crippen molar-refractivity contribution in [2.75, 3.05) is 0 Å². The lowest BCUT2D eigenvalue weighted by molar-refractivity contribution is 0.381. The van der Waals surface area contributed by atoms with Gasteiger partial charge in [-0.15, -0.1) is 0 Å². The first kappa shape index (κ1) is 12.5. The summed E-state index contributed by atoms with van der Waals surface area (Å²) in [6.07, 6.45) is 0. The molecule has 0 saturated carbocycles. The van der Waals surface area contributed by atoms with Crippen LogP contribution in [-0.2, 0) is 10.4 Å². The molecule has 0 heterocycles. The van der Waals surface area contributed by atoms with Crippen LogP contribution >= 0.6 is 0 Å². The maximum absolute atomic E-state index is 8.74. The first-order chi connectivity index (χ1) is 4.27. The highest BCUT2D eigenvalue weighted by Gasteiger charge is 1.84. The molecule has 0 atom stereocenters. The van der Waals surface area contributed by atoms with Gasteiger partial charge in [0.15, 0.2) is 0 Å². The van der Waals surface area contributed by atoms with Crippen molar-refractivity contribution in [2.45, 2.75) is 19.9 Å². The Balaban J connectivity index is 0. The van der Waals surface area contributed by atoms with E-state index in [2.05, 4.69) is 5.43 Å². The van der Waals surface area contributed by atoms with Gasteiger partial charge in [-0.3, -0.25) is 20.4 Å². The van der Waals surface area contributed by atoms with Gasteiger partial charge in [0.25, 0.3) is 0 Å². The summed E-state index contributed by atoms with van der Waals surface area (Å²) < 4.78 is 31.6. The van der Waals surface area contributed by atoms with Crippen LogP contribution in [0.2, 0.25) is 0 Å². The topological polar surface area (TPSA) is 113 Å². The second kappa shape index (κ2) is 5.57. The highest BCUT2D eigenvalue weighted by molar-refractivity contribution is 7.79. The van der Waals surface area contributed by atoms with Crippen LogP contribution in [0.1, 0.15) is 13.8 Å². The summed E-state index contributed by atoms with van der Waals surface area (Å²) in [5.74, 6) is 4.92. The van der Waals surface area contributed by atoms with Crippen molar-refractivity contribution in [2.24, 2.45) is 5.84 Å². The third-order valence-electron chi connectivity index (χ3n) is 0.333. The highest BCUT2D eigenvalue weighted by Crippen LogP contribution is 1.64. The van der Waals surface area contributed by atoms with E-state index in [1.807, 2.05) is 13.8 Å². The lowest BCUT2D eigenvalue weighted by Crippen LogP contribution is -2.29. The van der Waals surface area contributed by atoms with E-state index in [1.54, 1.807) is 0 Å². The van der Waals surface area contributed by atoms with E-state index >= 15 is 0 Å². The van der Waals surface area contributed by atoms with E-state index in [0.717, 1.165) is 0 Å². The van der Waals surface area contributed by atoms with E-state index in [9.17, 15) is 0 Å². The molecule has 6 nitrogen and oxygen atoms in total. The number of hydrogen-bond donors (Lipinski definition) is 4. The molecule has 0 aliphatic carbocycles. The summed E-state index contributed by atoms with van der Waals surface area (Å²) in [4.78, 5) is 0. The van der Waals surface area contributed by atoms with E-state index in [1.165, 1.54) is 0 Å². The normalized spacial score (nSPS) is 10.6. The summed E-state index contributed by atoms with van der Waals surface area (Å²) in [6, 6.07) is 0.412. The van der Waals surface area contributed by atoms with Crippen LogP contribution in [0.3, 0.4) is 0 Å². The van der Waals surface area contributed by atoms with Gasteiger partial charge in [0.05, 0.1) is 0 Å². The summed E-state index contributed by atoms with van der Waals surface area (Å²) in [7, 11) is -4.67. The summed E-state index contributed by atoms with van der Waals surface area (Å²) >= 11 is 0. The van der Waals surface area contributed by atoms with Crippen LogP contribution in [0, 0.1) is 0 Å². The molecule has 0 rings (SSSR count). The van der Waals surface area contributed by atoms with Crippen molar-refractivity contribution in [1.82, 2.24) is 5.43 Å². The van der Waals surface area contributed by atoms with Crippen molar-refractivity contribution >= 4 is 10.4 Å². The van der Waals surface area contributed by atoms with Gasteiger partial charge in [-0.1, -0.05) is 0 Å². The fourth-order valence-corrected chi connectivity index (χ4v) is 0. The molecule has 10 heavy (non-hydrogen) atoms. The van der Waals surface area contributed by atoms with E-state index in [-0.39, 0.29) is 0 Å². The minimum Gasteiger partial charge on any atom is -0.271 e. The molecule has 0 bridgehead atoms. The second-order valence-electron chi connectivity index (χ2n) is 1.77. The number of hydrogen-bond acceptors (Lipinski definition) is 4. The summed E-state index contributed by atoms with van der Waals surface area (Å²) in [5.41, 5.74) is 2.53. The van der Waals surface area contributed by atoms with Gasteiger partial charge in [0, 0.05) is 6.04 Å². The zero-order valence-electron chi connectivity index (χ0n) is 5.77. The Labute approximate surface area is 60.0 Å². The van der Waals surface area contributed by atoms with Crippen LogP contribution < -0.4 is 11.3 Å². The van der Waals surface area contributed by atoms with E-state index < -0.39 is 10.4 Å². The first-order valence-electron chi connectivity index (χ1n) is 2.43. The first-order valence-corrected chi connectivity index (χ1v) is 3.83. The molecule has 0 amide bonds. The van der Waals surface area contributed by atoms with E-state index in [4.69, 9.17) is 23.4 Å². The molecule has 0 unspecified atom stereocenters. The minimum atomic E-state index is -4.67. The molecule has 0 aromatic rings. The van der Waals surface area contributed by atoms with Crippen molar-refractivity contribution < 1.29 is 17.5 Å². The van der Waals surface area contributed by atoms with Gasteiger partial charge < -0.3 is 0 Å². The summed E-state index contributed by atoms with van der Waals surface area (Å²) in [6.45, 7) is 3.97. The van der Waals surface area contributed by atoms with E-state index in [0.29, 0.717) is 6.04 Å². The second-order valence-corrected chi connectivity index (χ2v) is 2.66. The molecule has 7 heteroatoms. The maximum Gasteiger partial charge on any atom is 0.394 e. The van der Waals surface area contributed by atoms with Crippen LogP contribution in [0.15, 0.2) is 0 Å². The molecule has 64 valence electrons. The van der Waals surface area contributed by atoms with Gasteiger partial charge in [-0.05, 0) is 13.8 Å². The third-order valence-corrected chi connectivity index (χ3v) is 0.333.